The van der Waals surface area contributed by atoms with Gasteiger partial charge in [0.1, 0.15) is 0 Å². The first-order valence-electron chi connectivity index (χ1n) is 28.5. The van der Waals surface area contributed by atoms with Gasteiger partial charge in [0.2, 0.25) is 0 Å². The third-order valence-corrected chi connectivity index (χ3v) is 29.3. The Balaban J connectivity index is 0.717. The van der Waals surface area contributed by atoms with E-state index in [2.05, 4.69) is 81.4 Å². The average molecular weight is 1040 g/mol. The Kier molecular flexibility index (Phi) is 17.0. The van der Waals surface area contributed by atoms with E-state index in [0.29, 0.717) is 49.9 Å². The second-order valence-corrected chi connectivity index (χ2v) is 34.3. The molecule has 6 heteroatoms. The average Bonchev–Trinajstić information content (AvgIpc) is 3.81. The van der Waals surface area contributed by atoms with E-state index in [4.69, 9.17) is 9.47 Å². The van der Waals surface area contributed by atoms with Gasteiger partial charge in [-0.25, -0.2) is 0 Å². The van der Waals surface area contributed by atoms with Crippen LogP contribution < -0.4 is 0 Å². The number of carbonyl (C=O) groups excluding carboxylic acids is 2. The maximum atomic E-state index is 13.1. The van der Waals surface area contributed by atoms with Crippen LogP contribution in [0, 0.1) is 92.7 Å². The van der Waals surface area contributed by atoms with Crippen LogP contribution in [-0.2, 0) is 19.1 Å². The summed E-state index contributed by atoms with van der Waals surface area (Å²) in [5, 5.41) is 1.87. The molecule has 0 amide bonds. The van der Waals surface area contributed by atoms with Crippen LogP contribution in [-0.4, -0.2) is 50.4 Å². The van der Waals surface area contributed by atoms with Crippen LogP contribution in [0.15, 0.2) is 23.3 Å². The Bertz CT molecular complexity index is 1610. The van der Waals surface area contributed by atoms with Gasteiger partial charge in [-0.3, -0.25) is 0 Å². The minimum atomic E-state index is 0.00681. The van der Waals surface area contributed by atoms with Gasteiger partial charge in [-0.15, -0.1) is 0 Å². The van der Waals surface area contributed by atoms with E-state index in [9.17, 15) is 9.59 Å². The van der Waals surface area contributed by atoms with Crippen molar-refractivity contribution in [3.8, 4) is 0 Å². The summed E-state index contributed by atoms with van der Waals surface area (Å²) in [5.74, 6) is 10.2. The summed E-state index contributed by atoms with van der Waals surface area (Å²) in [4.78, 5) is 26.3. The molecule has 16 atom stereocenters. The van der Waals surface area contributed by atoms with E-state index < -0.39 is 0 Å². The van der Waals surface area contributed by atoms with Gasteiger partial charge in [-0.2, -0.15) is 0 Å². The van der Waals surface area contributed by atoms with Crippen molar-refractivity contribution in [3.63, 3.8) is 0 Å². The smallest absolute Gasteiger partial charge is 0.0591 e. The molecular formula is C60H98O4Se2. The van der Waals surface area contributed by atoms with Crippen molar-refractivity contribution in [2.24, 2.45) is 92.7 Å². The zero-order chi connectivity index (χ0) is 47.0. The van der Waals surface area contributed by atoms with Gasteiger partial charge < -0.3 is 0 Å². The van der Waals surface area contributed by atoms with E-state index in [-0.39, 0.29) is 35.0 Å². The predicted octanol–water partition coefficient (Wildman–Crippen LogP) is 15.8. The van der Waals surface area contributed by atoms with Crippen LogP contribution in [0.2, 0.25) is 10.6 Å². The second-order valence-electron chi connectivity index (χ2n) is 26.4. The first-order valence-corrected chi connectivity index (χ1v) is 35.2. The molecule has 0 spiro atoms. The summed E-state index contributed by atoms with van der Waals surface area (Å²) in [7, 11) is 0. The molecule has 0 unspecified atom stereocenters. The minimum Gasteiger partial charge on any atom is -0.0591 e. The van der Waals surface area contributed by atoms with Crippen molar-refractivity contribution >= 4 is 38.2 Å². The Morgan fingerprint density at radius 2 is 0.955 bits per heavy atom. The third-order valence-electron chi connectivity index (χ3n) is 22.0. The zero-order valence-corrected chi connectivity index (χ0v) is 47.5. The Morgan fingerprint density at radius 3 is 1.35 bits per heavy atom. The molecule has 0 saturated heterocycles. The molecule has 8 rings (SSSR count). The van der Waals surface area contributed by atoms with Crippen LogP contribution in [0.1, 0.15) is 223 Å². The predicted molar refractivity (Wildman–Crippen MR) is 276 cm³/mol. The standard InChI is InChI=1S/C60H98O4Se2/c1-39(2)13-11-15-41(5)49-21-23-51-47-19-17-43-37-45(25-31-57(43,7)53(47)27-33-59(49,51)9)63-55(61)29-35-65-66-36-30-56(62)64-46-26-32-58(8)44(38-46)18-20-48-52-24-22-50(42(6)16-12-14-40(3)4)60(52,10)34-28-54(48)58/h17-18,39-42,45-54H,11-16,19-38H2,1-10H3/t41-,42-,45+,46+,47+,48+,49-,50-,51+,52+,53+,54+,57+,58+,59-,60-/m1/s1. The second kappa shape index (κ2) is 21.7. The van der Waals surface area contributed by atoms with E-state index in [1.165, 1.54) is 116 Å². The molecule has 6 saturated carbocycles. The van der Waals surface area contributed by atoms with Crippen LogP contribution in [0.25, 0.3) is 0 Å². The number of ether oxygens (including phenoxy) is 2. The van der Waals surface area contributed by atoms with Crippen molar-refractivity contribution in [3.05, 3.63) is 23.3 Å². The van der Waals surface area contributed by atoms with Crippen LogP contribution in [0.3, 0.4) is 0 Å². The van der Waals surface area contributed by atoms with E-state index in [1.807, 2.05) is 0 Å². The summed E-state index contributed by atoms with van der Waals surface area (Å²) in [6, 6.07) is 0. The van der Waals surface area contributed by atoms with Crippen molar-refractivity contribution in [2.75, 3.05) is 0 Å². The summed E-state index contributed by atoms with van der Waals surface area (Å²) >= 11 is 0.826. The molecule has 4 nitrogen and oxygen atoms in total. The Hall–Kier alpha value is -0.541. The summed E-state index contributed by atoms with van der Waals surface area (Å²) in [5.41, 5.74) is 4.86. The Labute approximate surface area is 417 Å². The number of allylic oxidation sites excluding steroid dienone is 2. The van der Waals surface area contributed by atoms with Gasteiger partial charge in [0.15, 0.2) is 0 Å². The molecule has 374 valence electrons. The van der Waals surface area contributed by atoms with Crippen molar-refractivity contribution in [1.29, 1.82) is 0 Å². The number of hydrogen-bond donors (Lipinski definition) is 0. The monoisotopic (exact) mass is 1040 g/mol. The SMILES string of the molecule is CC(C)CCC[C@@H](C)[C@H]1CC[C@H]2[C@@H]3CC=C4C[C@@H](OC(=O)CC[Se][Se]CCC(=O)O[C@H]5CC[C@@]6(C)C(=CC[C@H]7[C@@H]8CC[C@H]([C@H](C)CCCC(C)C)[C@@]8(C)CC[C@@H]76)C5)CC[C@]4(C)[C@H]3CC[C@]12C. The van der Waals surface area contributed by atoms with E-state index in [0.717, 1.165) is 107 Å². The van der Waals surface area contributed by atoms with Crippen molar-refractivity contribution in [1.82, 2.24) is 0 Å². The summed E-state index contributed by atoms with van der Waals surface area (Å²) in [6.45, 7) is 25.3. The fourth-order valence-corrected chi connectivity index (χ4v) is 24.3. The van der Waals surface area contributed by atoms with E-state index in [1.54, 1.807) is 11.1 Å². The summed E-state index contributed by atoms with van der Waals surface area (Å²) < 4.78 is 12.4. The normalized spacial score (nSPS) is 41.3. The summed E-state index contributed by atoms with van der Waals surface area (Å²) in [6.07, 6.45) is 35.1. The fourth-order valence-electron chi connectivity index (χ4n) is 18.4. The van der Waals surface area contributed by atoms with E-state index >= 15 is 0 Å². The minimum absolute atomic E-state index is 0.00681. The van der Waals surface area contributed by atoms with Crippen LogP contribution in [0.4, 0.5) is 0 Å². The number of esters is 2. The van der Waals surface area contributed by atoms with Gasteiger partial charge >= 0.3 is 277 Å². The van der Waals surface area contributed by atoms with Crippen LogP contribution in [0.5, 0.6) is 0 Å². The third kappa shape index (κ3) is 10.7. The molecule has 0 aromatic carbocycles. The van der Waals surface area contributed by atoms with Gasteiger partial charge in [-0.05, 0) is 48.3 Å². The maximum absolute atomic E-state index is 13.1. The van der Waals surface area contributed by atoms with Gasteiger partial charge in [0.25, 0.3) is 0 Å². The molecule has 0 bridgehead atoms. The molecule has 0 aromatic heterocycles. The molecule has 6 fully saturated rings. The molecule has 0 N–H and O–H groups in total. The fraction of sp³-hybridized carbons (Fsp3) is 0.900. The zero-order valence-electron chi connectivity index (χ0n) is 44.1. The number of fused-ring (bicyclic) bond motifs is 10. The number of rotatable bonds is 19. The number of carbonyl (C=O) groups is 2. The van der Waals surface area contributed by atoms with Gasteiger partial charge in [0, 0.05) is 0 Å². The van der Waals surface area contributed by atoms with Crippen LogP contribution >= 0.6 is 0 Å². The molecule has 0 aliphatic heterocycles. The molecule has 8 aliphatic carbocycles. The molecule has 66 heavy (non-hydrogen) atoms. The first kappa shape index (κ1) is 51.8. The molecular weight excluding hydrogens is 943 g/mol. The first-order chi connectivity index (χ1) is 31.5. The van der Waals surface area contributed by atoms with Gasteiger partial charge in [0.05, 0.1) is 0 Å². The molecule has 0 radical (unpaired) electrons. The Morgan fingerprint density at radius 1 is 0.545 bits per heavy atom. The number of hydrogen-bond acceptors (Lipinski definition) is 4. The van der Waals surface area contributed by atoms with Gasteiger partial charge in [-0.1, -0.05) is 93.9 Å². The topological polar surface area (TPSA) is 52.6 Å². The molecule has 0 heterocycles. The quantitative estimate of drug-likeness (QED) is 0.0560. The van der Waals surface area contributed by atoms with Crippen molar-refractivity contribution in [2.45, 2.75) is 246 Å². The van der Waals surface area contributed by atoms with Crippen molar-refractivity contribution < 1.29 is 19.1 Å². The molecule has 8 aliphatic rings. The molecule has 0 aromatic rings.